The average Bonchev–Trinajstić information content (AvgIpc) is 2.64. The van der Waals surface area contributed by atoms with Gasteiger partial charge >= 0.3 is 6.18 Å². The summed E-state index contributed by atoms with van der Waals surface area (Å²) in [5, 5.41) is 0.542. The molecule has 2 aromatic rings. The summed E-state index contributed by atoms with van der Waals surface area (Å²) >= 11 is 5.81. The molecule has 1 aromatic carbocycles. The van der Waals surface area contributed by atoms with Crippen LogP contribution in [0.15, 0.2) is 42.6 Å². The molecule has 0 bridgehead atoms. The molecule has 0 saturated heterocycles. The first-order chi connectivity index (χ1) is 13.6. The quantitative estimate of drug-likeness (QED) is 0.703. The van der Waals surface area contributed by atoms with Crippen LogP contribution >= 0.6 is 11.6 Å². The Balaban J connectivity index is 1.48. The largest absolute Gasteiger partial charge is 0.474 e. The molecule has 0 radical (unpaired) electrons. The highest BCUT2D eigenvalue weighted by atomic mass is 35.5. The van der Waals surface area contributed by atoms with E-state index in [4.69, 9.17) is 16.3 Å². The van der Waals surface area contributed by atoms with Crippen molar-refractivity contribution in [2.24, 2.45) is 0 Å². The highest BCUT2D eigenvalue weighted by molar-refractivity contribution is 7.88. The Hall–Kier alpha value is -1.84. The maximum atomic E-state index is 12.6. The predicted molar refractivity (Wildman–Crippen MR) is 103 cm³/mol. The van der Waals surface area contributed by atoms with Crippen molar-refractivity contribution < 1.29 is 26.3 Å². The van der Waals surface area contributed by atoms with E-state index in [1.807, 2.05) is 0 Å². The van der Waals surface area contributed by atoms with Gasteiger partial charge in [0.1, 0.15) is 6.10 Å². The Morgan fingerprint density at radius 2 is 1.72 bits per heavy atom. The number of hydrogen-bond acceptors (Lipinski definition) is 4. The van der Waals surface area contributed by atoms with Crippen LogP contribution in [0.4, 0.5) is 13.2 Å². The molecule has 1 aliphatic rings. The number of ether oxygens (including phenoxy) is 1. The van der Waals surface area contributed by atoms with E-state index in [2.05, 4.69) is 9.71 Å². The van der Waals surface area contributed by atoms with Gasteiger partial charge in [-0.25, -0.2) is 18.1 Å². The number of nitrogens with one attached hydrogen (secondary N) is 1. The molecule has 0 atom stereocenters. The lowest BCUT2D eigenvalue weighted by molar-refractivity contribution is -0.137. The number of sulfonamides is 1. The normalized spacial score (nSPS) is 20.4. The molecule has 1 heterocycles. The molecule has 3 rings (SSSR count). The minimum absolute atomic E-state index is 0.129. The van der Waals surface area contributed by atoms with Crippen LogP contribution in [0.1, 0.15) is 36.8 Å². The van der Waals surface area contributed by atoms with Gasteiger partial charge in [0.05, 0.1) is 11.3 Å². The van der Waals surface area contributed by atoms with Crippen LogP contribution < -0.4 is 9.46 Å². The molecule has 1 aromatic heterocycles. The van der Waals surface area contributed by atoms with Crippen molar-refractivity contribution in [3.05, 3.63) is 58.7 Å². The number of hydrogen-bond donors (Lipinski definition) is 1. The van der Waals surface area contributed by atoms with Gasteiger partial charge in [-0.2, -0.15) is 13.2 Å². The molecular formula is C19H20ClF3N2O3S. The van der Waals surface area contributed by atoms with Gasteiger partial charge in [-0.15, -0.1) is 0 Å². The fourth-order valence-electron chi connectivity index (χ4n) is 3.18. The summed E-state index contributed by atoms with van der Waals surface area (Å²) < 4.78 is 70.8. The zero-order valence-corrected chi connectivity index (χ0v) is 16.9. The number of benzene rings is 1. The second-order valence-corrected chi connectivity index (χ2v) is 9.17. The number of alkyl halides is 3. The molecule has 0 aliphatic heterocycles. The minimum atomic E-state index is -4.44. The molecule has 1 saturated carbocycles. The zero-order chi connectivity index (χ0) is 21.1. The van der Waals surface area contributed by atoms with Crippen molar-refractivity contribution in [1.82, 2.24) is 9.71 Å². The monoisotopic (exact) mass is 448 g/mol. The predicted octanol–water partition coefficient (Wildman–Crippen LogP) is 4.56. The van der Waals surface area contributed by atoms with Crippen LogP contribution in [0.25, 0.3) is 0 Å². The van der Waals surface area contributed by atoms with Crippen LogP contribution in [0.2, 0.25) is 5.02 Å². The fraction of sp³-hybridized carbons (Fsp3) is 0.421. The summed E-state index contributed by atoms with van der Waals surface area (Å²) in [5.41, 5.74) is -0.184. The van der Waals surface area contributed by atoms with Crippen LogP contribution in [0.3, 0.4) is 0 Å². The van der Waals surface area contributed by atoms with Crippen molar-refractivity contribution in [2.75, 3.05) is 0 Å². The van der Waals surface area contributed by atoms with Crippen molar-refractivity contribution in [3.8, 4) is 5.88 Å². The Labute approximate surface area is 172 Å². The maximum absolute atomic E-state index is 12.6. The maximum Gasteiger partial charge on any atom is 0.417 e. The first-order valence-corrected chi connectivity index (χ1v) is 11.1. The molecule has 29 heavy (non-hydrogen) atoms. The highest BCUT2D eigenvalue weighted by Crippen LogP contribution is 2.30. The number of pyridine rings is 1. The third kappa shape index (κ3) is 6.58. The lowest BCUT2D eigenvalue weighted by atomic mass is 9.94. The Morgan fingerprint density at radius 1 is 1.07 bits per heavy atom. The van der Waals surface area contributed by atoms with Gasteiger partial charge in [-0.05, 0) is 49.4 Å². The van der Waals surface area contributed by atoms with E-state index in [0.717, 1.165) is 12.3 Å². The third-order valence-corrected chi connectivity index (χ3v) is 6.30. The van der Waals surface area contributed by atoms with Crippen LogP contribution in [-0.2, 0) is 22.0 Å². The van der Waals surface area contributed by atoms with E-state index in [9.17, 15) is 21.6 Å². The first kappa shape index (κ1) is 21.9. The molecule has 10 heteroatoms. The second-order valence-electron chi connectivity index (χ2n) is 6.98. The number of aromatic nitrogens is 1. The van der Waals surface area contributed by atoms with Crippen molar-refractivity contribution in [3.63, 3.8) is 0 Å². The van der Waals surface area contributed by atoms with E-state index >= 15 is 0 Å². The molecule has 158 valence electrons. The molecule has 0 spiro atoms. The Bertz CT molecular complexity index is 911. The van der Waals surface area contributed by atoms with Gasteiger partial charge < -0.3 is 4.74 Å². The van der Waals surface area contributed by atoms with E-state index in [-0.39, 0.29) is 23.8 Å². The summed E-state index contributed by atoms with van der Waals surface area (Å²) in [7, 11) is -3.50. The topological polar surface area (TPSA) is 68.3 Å². The van der Waals surface area contributed by atoms with Gasteiger partial charge in [0.2, 0.25) is 15.9 Å². The van der Waals surface area contributed by atoms with Gasteiger partial charge in [0.25, 0.3) is 0 Å². The van der Waals surface area contributed by atoms with Gasteiger partial charge in [0, 0.05) is 23.3 Å². The molecule has 1 aliphatic carbocycles. The third-order valence-electron chi connectivity index (χ3n) is 4.64. The van der Waals surface area contributed by atoms with Gasteiger partial charge in [0.15, 0.2) is 0 Å². The second kappa shape index (κ2) is 8.89. The molecule has 1 N–H and O–H groups in total. The molecular weight excluding hydrogens is 429 g/mol. The van der Waals surface area contributed by atoms with Crippen molar-refractivity contribution in [2.45, 2.75) is 49.8 Å². The summed E-state index contributed by atoms with van der Waals surface area (Å²) in [5.74, 6) is 0.000519. The number of halogens is 4. The fourth-order valence-corrected chi connectivity index (χ4v) is 4.77. The lowest BCUT2D eigenvalue weighted by Crippen LogP contribution is -2.40. The Morgan fingerprint density at radius 3 is 2.28 bits per heavy atom. The highest BCUT2D eigenvalue weighted by Gasteiger charge is 2.31. The minimum Gasteiger partial charge on any atom is -0.474 e. The van der Waals surface area contributed by atoms with Crippen molar-refractivity contribution >= 4 is 21.6 Å². The van der Waals surface area contributed by atoms with E-state index < -0.39 is 21.8 Å². The first-order valence-electron chi connectivity index (χ1n) is 9.05. The van der Waals surface area contributed by atoms with Crippen LogP contribution in [0.5, 0.6) is 5.88 Å². The summed E-state index contributed by atoms with van der Waals surface area (Å²) in [6, 6.07) is 8.55. The number of rotatable bonds is 6. The van der Waals surface area contributed by atoms with Gasteiger partial charge in [-0.1, -0.05) is 23.7 Å². The van der Waals surface area contributed by atoms with E-state index in [1.54, 1.807) is 24.3 Å². The SMILES string of the molecule is O=S(=O)(Cc1ccc(Cl)cc1)NC1CCC(Oc2ccc(C(F)(F)F)cn2)CC1. The molecule has 1 fully saturated rings. The summed E-state index contributed by atoms with van der Waals surface area (Å²) in [6.45, 7) is 0. The Kier molecular flexibility index (Phi) is 6.70. The van der Waals surface area contributed by atoms with E-state index in [1.165, 1.54) is 6.07 Å². The zero-order valence-electron chi connectivity index (χ0n) is 15.3. The molecule has 0 unspecified atom stereocenters. The van der Waals surface area contributed by atoms with E-state index in [0.29, 0.717) is 36.3 Å². The molecule has 0 amide bonds. The number of nitrogens with zero attached hydrogens (tertiary/aromatic N) is 1. The summed E-state index contributed by atoms with van der Waals surface area (Å²) in [6.07, 6.45) is -1.60. The molecule has 5 nitrogen and oxygen atoms in total. The van der Waals surface area contributed by atoms with Crippen LogP contribution in [-0.4, -0.2) is 25.5 Å². The van der Waals surface area contributed by atoms with Crippen LogP contribution in [0, 0.1) is 0 Å². The summed E-state index contributed by atoms with van der Waals surface area (Å²) in [4.78, 5) is 3.71. The van der Waals surface area contributed by atoms with Crippen molar-refractivity contribution in [1.29, 1.82) is 0 Å². The van der Waals surface area contributed by atoms with Gasteiger partial charge in [-0.3, -0.25) is 0 Å². The smallest absolute Gasteiger partial charge is 0.417 e. The lowest BCUT2D eigenvalue weighted by Gasteiger charge is -2.29. The average molecular weight is 449 g/mol. The standard InChI is InChI=1S/C19H20ClF3N2O3S/c20-15-4-1-13(2-5-15)12-29(26,27)25-16-6-8-17(9-7-16)28-18-10-3-14(11-24-18)19(21,22)23/h1-5,10-11,16-17,25H,6-9,12H2.